The summed E-state index contributed by atoms with van der Waals surface area (Å²) in [5.41, 5.74) is -0.430. The van der Waals surface area contributed by atoms with Crippen molar-refractivity contribution >= 4 is 5.78 Å². The Hall–Kier alpha value is -1.56. The van der Waals surface area contributed by atoms with Gasteiger partial charge in [0.05, 0.1) is 6.61 Å². The molecule has 2 rings (SSSR count). The number of Topliss-reactive ketones (excluding diaryl/α,β-unsaturated/α-hetero) is 1. The second-order valence-electron chi connectivity index (χ2n) is 4.27. The minimum Gasteiger partial charge on any atom is -0.465 e. The van der Waals surface area contributed by atoms with Gasteiger partial charge in [0.1, 0.15) is 5.75 Å². The topological polar surface area (TPSA) is 35.5 Å². The Kier molecular flexibility index (Phi) is 4.09. The number of alkyl halides is 3. The van der Waals surface area contributed by atoms with E-state index in [1.807, 2.05) is 0 Å². The van der Waals surface area contributed by atoms with Crippen molar-refractivity contribution in [3.05, 3.63) is 29.8 Å². The van der Waals surface area contributed by atoms with Crippen LogP contribution in [0, 0.1) is 0 Å². The van der Waals surface area contributed by atoms with E-state index in [0.29, 0.717) is 13.0 Å². The standard InChI is InChI=1S/C13H13F3O3/c14-13(15,16)12(17)9-4-3-5-10(8-9)19-11-6-1-2-7-18-11/h3-5,8,11H,1-2,6-7H2. The molecule has 104 valence electrons. The fraction of sp³-hybridized carbons (Fsp3) is 0.462. The van der Waals surface area contributed by atoms with E-state index < -0.39 is 23.8 Å². The molecule has 0 radical (unpaired) electrons. The quantitative estimate of drug-likeness (QED) is 0.793. The molecule has 1 saturated heterocycles. The van der Waals surface area contributed by atoms with Gasteiger partial charge < -0.3 is 9.47 Å². The molecule has 1 aliphatic rings. The smallest absolute Gasteiger partial charge is 0.454 e. The fourth-order valence-electron chi connectivity index (χ4n) is 1.83. The SMILES string of the molecule is O=C(c1cccc(OC2CCCCO2)c1)C(F)(F)F. The van der Waals surface area contributed by atoms with Crippen molar-refractivity contribution in [1.82, 2.24) is 0 Å². The van der Waals surface area contributed by atoms with Crippen molar-refractivity contribution in [2.75, 3.05) is 6.61 Å². The van der Waals surface area contributed by atoms with E-state index in [-0.39, 0.29) is 5.75 Å². The normalized spacial score (nSPS) is 20.1. The van der Waals surface area contributed by atoms with Gasteiger partial charge in [0.2, 0.25) is 0 Å². The largest absolute Gasteiger partial charge is 0.465 e. The summed E-state index contributed by atoms with van der Waals surface area (Å²) in [6, 6.07) is 5.07. The van der Waals surface area contributed by atoms with Gasteiger partial charge in [-0.25, -0.2) is 0 Å². The summed E-state index contributed by atoms with van der Waals surface area (Å²) < 4.78 is 47.7. The molecule has 3 nitrogen and oxygen atoms in total. The fourth-order valence-corrected chi connectivity index (χ4v) is 1.83. The molecule has 1 heterocycles. The lowest BCUT2D eigenvalue weighted by Crippen LogP contribution is -2.25. The molecule has 1 atom stereocenters. The molecule has 0 bridgehead atoms. The molecule has 19 heavy (non-hydrogen) atoms. The van der Waals surface area contributed by atoms with Crippen LogP contribution in [0.15, 0.2) is 24.3 Å². The van der Waals surface area contributed by atoms with Gasteiger partial charge in [0.15, 0.2) is 6.29 Å². The van der Waals surface area contributed by atoms with Crippen molar-refractivity contribution < 1.29 is 27.4 Å². The van der Waals surface area contributed by atoms with Crippen LogP contribution in [-0.2, 0) is 4.74 Å². The average Bonchev–Trinajstić information content (AvgIpc) is 2.38. The third-order valence-corrected chi connectivity index (χ3v) is 2.76. The van der Waals surface area contributed by atoms with Gasteiger partial charge in [-0.1, -0.05) is 12.1 Å². The van der Waals surface area contributed by atoms with Gasteiger partial charge in [-0.05, 0) is 25.0 Å². The van der Waals surface area contributed by atoms with Gasteiger partial charge >= 0.3 is 6.18 Å². The lowest BCUT2D eigenvalue weighted by molar-refractivity contribution is -0.106. The predicted octanol–water partition coefficient (Wildman–Crippen LogP) is 3.34. The van der Waals surface area contributed by atoms with Crippen molar-refractivity contribution in [3.63, 3.8) is 0 Å². The predicted molar refractivity (Wildman–Crippen MR) is 61.0 cm³/mol. The summed E-state index contributed by atoms with van der Waals surface area (Å²) in [6.07, 6.45) is -2.74. The summed E-state index contributed by atoms with van der Waals surface area (Å²) in [5.74, 6) is -1.66. The van der Waals surface area contributed by atoms with Crippen molar-refractivity contribution in [2.45, 2.75) is 31.7 Å². The van der Waals surface area contributed by atoms with Crippen LogP contribution in [0.5, 0.6) is 5.75 Å². The maximum atomic E-state index is 12.3. The summed E-state index contributed by atoms with van der Waals surface area (Å²) >= 11 is 0. The number of ketones is 1. The zero-order chi connectivity index (χ0) is 13.9. The number of halogens is 3. The van der Waals surface area contributed by atoms with Crippen LogP contribution in [0.1, 0.15) is 29.6 Å². The summed E-state index contributed by atoms with van der Waals surface area (Å²) in [4.78, 5) is 11.1. The van der Waals surface area contributed by atoms with E-state index >= 15 is 0 Å². The number of rotatable bonds is 3. The molecule has 0 aromatic heterocycles. The van der Waals surface area contributed by atoms with Gasteiger partial charge in [0.25, 0.3) is 5.78 Å². The zero-order valence-electron chi connectivity index (χ0n) is 10.1. The van der Waals surface area contributed by atoms with E-state index in [4.69, 9.17) is 9.47 Å². The Morgan fingerprint density at radius 3 is 2.74 bits per heavy atom. The maximum Gasteiger partial charge on any atom is 0.454 e. The highest BCUT2D eigenvalue weighted by Crippen LogP contribution is 2.25. The molecular formula is C13H13F3O3. The Labute approximate surface area is 108 Å². The number of hydrogen-bond donors (Lipinski definition) is 0. The van der Waals surface area contributed by atoms with E-state index in [9.17, 15) is 18.0 Å². The second-order valence-corrected chi connectivity index (χ2v) is 4.27. The number of carbonyl (C=O) groups excluding carboxylic acids is 1. The molecule has 0 N–H and O–H groups in total. The van der Waals surface area contributed by atoms with E-state index in [2.05, 4.69) is 0 Å². The molecule has 1 aliphatic heterocycles. The molecule has 0 saturated carbocycles. The third kappa shape index (κ3) is 3.70. The highest BCUT2D eigenvalue weighted by molar-refractivity contribution is 6.00. The Bertz CT molecular complexity index is 451. The van der Waals surface area contributed by atoms with Crippen LogP contribution in [0.3, 0.4) is 0 Å². The summed E-state index contributed by atoms with van der Waals surface area (Å²) in [7, 11) is 0. The van der Waals surface area contributed by atoms with Crippen LogP contribution >= 0.6 is 0 Å². The summed E-state index contributed by atoms with van der Waals surface area (Å²) in [5, 5.41) is 0. The first-order valence-electron chi connectivity index (χ1n) is 5.96. The molecule has 1 aromatic rings. The third-order valence-electron chi connectivity index (χ3n) is 2.76. The number of carbonyl (C=O) groups is 1. The minimum absolute atomic E-state index is 0.210. The molecule has 0 amide bonds. The Balaban J connectivity index is 2.08. The molecule has 0 aliphatic carbocycles. The Morgan fingerprint density at radius 2 is 2.11 bits per heavy atom. The first kappa shape index (κ1) is 13.9. The van der Waals surface area contributed by atoms with Gasteiger partial charge in [-0.15, -0.1) is 0 Å². The molecule has 1 unspecified atom stereocenters. The molecular weight excluding hydrogens is 261 g/mol. The van der Waals surface area contributed by atoms with Crippen LogP contribution in [0.2, 0.25) is 0 Å². The van der Waals surface area contributed by atoms with Gasteiger partial charge in [-0.3, -0.25) is 4.79 Å². The molecule has 1 aromatic carbocycles. The lowest BCUT2D eigenvalue weighted by Gasteiger charge is -2.23. The van der Waals surface area contributed by atoms with E-state index in [1.165, 1.54) is 12.1 Å². The molecule has 6 heteroatoms. The van der Waals surface area contributed by atoms with Crippen LogP contribution in [0.4, 0.5) is 13.2 Å². The second kappa shape index (κ2) is 5.61. The summed E-state index contributed by atoms with van der Waals surface area (Å²) in [6.45, 7) is 0.575. The van der Waals surface area contributed by atoms with E-state index in [0.717, 1.165) is 25.0 Å². The molecule has 1 fully saturated rings. The number of ether oxygens (including phenoxy) is 2. The van der Waals surface area contributed by atoms with Crippen molar-refractivity contribution in [3.8, 4) is 5.75 Å². The lowest BCUT2D eigenvalue weighted by atomic mass is 10.1. The number of hydrogen-bond acceptors (Lipinski definition) is 3. The Morgan fingerprint density at radius 1 is 1.32 bits per heavy atom. The zero-order valence-corrected chi connectivity index (χ0v) is 10.1. The van der Waals surface area contributed by atoms with Crippen molar-refractivity contribution in [2.24, 2.45) is 0 Å². The highest BCUT2D eigenvalue weighted by Gasteiger charge is 2.39. The molecule has 0 spiro atoms. The number of benzene rings is 1. The van der Waals surface area contributed by atoms with Crippen LogP contribution in [0.25, 0.3) is 0 Å². The highest BCUT2D eigenvalue weighted by atomic mass is 19.4. The van der Waals surface area contributed by atoms with Crippen molar-refractivity contribution in [1.29, 1.82) is 0 Å². The van der Waals surface area contributed by atoms with E-state index in [1.54, 1.807) is 0 Å². The average molecular weight is 274 g/mol. The first-order valence-corrected chi connectivity index (χ1v) is 5.96. The first-order chi connectivity index (χ1) is 8.97. The minimum atomic E-state index is -4.88. The van der Waals surface area contributed by atoms with Crippen LogP contribution < -0.4 is 4.74 Å². The van der Waals surface area contributed by atoms with Gasteiger partial charge in [-0.2, -0.15) is 13.2 Å². The monoisotopic (exact) mass is 274 g/mol. The van der Waals surface area contributed by atoms with Gasteiger partial charge in [0, 0.05) is 12.0 Å². The van der Waals surface area contributed by atoms with Crippen LogP contribution in [-0.4, -0.2) is 24.9 Å². The maximum absolute atomic E-state index is 12.3.